The van der Waals surface area contributed by atoms with Crippen LogP contribution in [-0.2, 0) is 26.5 Å². The third-order valence-electron chi connectivity index (χ3n) is 12.6. The molecule has 0 bridgehead atoms. The number of aryl methyl sites for hydroxylation is 1. The second kappa shape index (κ2) is 15.3. The summed E-state index contributed by atoms with van der Waals surface area (Å²) in [6.07, 6.45) is 2.11. The van der Waals surface area contributed by atoms with Crippen molar-refractivity contribution in [2.24, 2.45) is 5.92 Å². The molecule has 5 atom stereocenters. The molecule has 11 nitrogen and oxygen atoms in total. The minimum Gasteiger partial charge on any atom is -0.497 e. The number of methoxy groups -OCH3 is 1. The topological polar surface area (TPSA) is 119 Å². The van der Waals surface area contributed by atoms with Gasteiger partial charge >= 0.3 is 0 Å². The number of anilines is 4. The van der Waals surface area contributed by atoms with Crippen molar-refractivity contribution in [2.75, 3.05) is 30.1 Å². The van der Waals surface area contributed by atoms with Crippen LogP contribution in [0.3, 0.4) is 0 Å². The molecular weight excluding hydrogens is 759 g/mol. The first-order valence-electron chi connectivity index (χ1n) is 20.1. The van der Waals surface area contributed by atoms with Gasteiger partial charge in [-0.25, -0.2) is 0 Å². The Morgan fingerprint density at radius 3 is 2.31 bits per heavy atom. The molecule has 9 rings (SSSR count). The van der Waals surface area contributed by atoms with E-state index in [-0.39, 0.29) is 48.5 Å². The number of aromatic nitrogens is 3. The SMILES string of the molecule is COc1ccc([Si](C)(C)[C@H]2[C@H](CCn3cc(C(CO)c4ccccc4)nn3)O[C@@]3(C(=O)N(c4ccccc4)c4ccc(N5C(=O)COc6ccccc65)cc43)[C@@H]2C)cc1. The second-order valence-electron chi connectivity index (χ2n) is 16.2. The highest BCUT2D eigenvalue weighted by molar-refractivity contribution is 6.91. The summed E-state index contributed by atoms with van der Waals surface area (Å²) in [4.78, 5) is 32.7. The number of amides is 2. The molecule has 6 aromatic rings. The van der Waals surface area contributed by atoms with Crippen LogP contribution in [0.25, 0.3) is 0 Å². The molecule has 0 radical (unpaired) electrons. The Hall–Kier alpha value is -6.08. The van der Waals surface area contributed by atoms with Crippen LogP contribution in [0.15, 0.2) is 134 Å². The normalized spacial score (nSPS) is 21.7. The molecular formula is C47H47N5O6Si. The van der Waals surface area contributed by atoms with Gasteiger partial charge in [-0.1, -0.05) is 103 Å². The molecule has 0 aliphatic carbocycles. The molecule has 1 N–H and O–H groups in total. The van der Waals surface area contributed by atoms with Gasteiger partial charge in [0.15, 0.2) is 12.2 Å². The van der Waals surface area contributed by atoms with Crippen LogP contribution in [0.2, 0.25) is 18.6 Å². The lowest BCUT2D eigenvalue weighted by atomic mass is 9.82. The highest BCUT2D eigenvalue weighted by Gasteiger charge is 2.66. The molecule has 1 spiro atoms. The number of carbonyl (C=O) groups excluding carboxylic acids is 2. The fourth-order valence-corrected chi connectivity index (χ4v) is 13.8. The number of hydrogen-bond acceptors (Lipinski definition) is 8. The van der Waals surface area contributed by atoms with E-state index in [2.05, 4.69) is 42.5 Å². The summed E-state index contributed by atoms with van der Waals surface area (Å²) in [6, 6.07) is 41.2. The lowest BCUT2D eigenvalue weighted by molar-refractivity contribution is -0.145. The molecule has 0 saturated carbocycles. The average Bonchev–Trinajstić information content (AvgIpc) is 3.93. The molecule has 3 aliphatic heterocycles. The first kappa shape index (κ1) is 38.4. The highest BCUT2D eigenvalue weighted by Crippen LogP contribution is 2.61. The van der Waals surface area contributed by atoms with Gasteiger partial charge in [0, 0.05) is 35.6 Å². The summed E-state index contributed by atoms with van der Waals surface area (Å²) >= 11 is 0. The number of aliphatic hydroxyl groups excluding tert-OH is 1. The van der Waals surface area contributed by atoms with Gasteiger partial charge in [0.1, 0.15) is 11.5 Å². The van der Waals surface area contributed by atoms with Gasteiger partial charge in [-0.2, -0.15) is 0 Å². The van der Waals surface area contributed by atoms with Crippen molar-refractivity contribution >= 4 is 47.8 Å². The van der Waals surface area contributed by atoms with Crippen molar-refractivity contribution in [2.45, 2.75) is 56.1 Å². The Bertz CT molecular complexity index is 2500. The first-order valence-corrected chi connectivity index (χ1v) is 23.2. The van der Waals surface area contributed by atoms with Crippen LogP contribution in [0, 0.1) is 5.92 Å². The Morgan fingerprint density at radius 2 is 1.58 bits per heavy atom. The van der Waals surface area contributed by atoms with Gasteiger partial charge in [-0.15, -0.1) is 5.10 Å². The van der Waals surface area contributed by atoms with Crippen molar-refractivity contribution in [1.29, 1.82) is 0 Å². The van der Waals surface area contributed by atoms with Gasteiger partial charge < -0.3 is 19.3 Å². The summed E-state index contributed by atoms with van der Waals surface area (Å²) in [5.74, 6) is 0.469. The number of para-hydroxylation sites is 3. The van der Waals surface area contributed by atoms with E-state index in [0.29, 0.717) is 35.8 Å². The maximum Gasteiger partial charge on any atom is 0.269 e. The summed E-state index contributed by atoms with van der Waals surface area (Å²) in [5.41, 5.74) is 3.74. The Labute approximate surface area is 344 Å². The summed E-state index contributed by atoms with van der Waals surface area (Å²) in [6.45, 7) is 7.18. The molecule has 300 valence electrons. The Kier molecular flexibility index (Phi) is 9.94. The molecule has 1 aromatic heterocycles. The molecule has 3 aliphatic rings. The lowest BCUT2D eigenvalue weighted by Crippen LogP contribution is -2.51. The zero-order valence-electron chi connectivity index (χ0n) is 33.6. The van der Waals surface area contributed by atoms with Gasteiger partial charge in [0.05, 0.1) is 50.9 Å². The predicted molar refractivity (Wildman–Crippen MR) is 229 cm³/mol. The number of hydrogen-bond donors (Lipinski definition) is 1. The van der Waals surface area contributed by atoms with E-state index >= 15 is 4.79 Å². The minimum absolute atomic E-state index is 0.0321. The molecule has 59 heavy (non-hydrogen) atoms. The van der Waals surface area contributed by atoms with E-state index in [1.807, 2.05) is 126 Å². The molecule has 1 fully saturated rings. The average molecular weight is 806 g/mol. The van der Waals surface area contributed by atoms with Crippen molar-refractivity contribution in [3.63, 3.8) is 0 Å². The molecule has 5 aromatic carbocycles. The standard InChI is InChI=1S/C47H47N5O6Si/c1-31-45(59(3,4)36-22-20-35(56-2)21-23-36)43(25-26-50-28-39(48-49-50)37(29-53)32-13-7-5-8-14-32)58-47(31)38-27-34(51-41-17-11-12-18-42(41)57-30-44(51)54)19-24-40(38)52(46(47)55)33-15-9-6-10-16-33/h5-24,27-28,31,37,43,45,53H,25-26,29-30H2,1-4H3/t31-,37?,43+,45-,47+/m1/s1. The van der Waals surface area contributed by atoms with E-state index in [9.17, 15) is 9.90 Å². The third-order valence-corrected chi connectivity index (χ3v) is 17.0. The molecule has 1 unspecified atom stereocenters. The number of nitrogens with zero attached hydrogens (tertiary/aromatic N) is 5. The van der Waals surface area contributed by atoms with Crippen molar-refractivity contribution in [3.05, 3.63) is 150 Å². The molecule has 12 heteroatoms. The second-order valence-corrected chi connectivity index (χ2v) is 20.8. The van der Waals surface area contributed by atoms with Crippen LogP contribution in [-0.4, -0.2) is 66.4 Å². The van der Waals surface area contributed by atoms with Gasteiger partial charge in [0.25, 0.3) is 11.8 Å². The van der Waals surface area contributed by atoms with Crippen LogP contribution in [0.5, 0.6) is 11.5 Å². The van der Waals surface area contributed by atoms with E-state index < -0.39 is 13.7 Å². The quantitative estimate of drug-likeness (QED) is 0.134. The number of rotatable bonds is 11. The van der Waals surface area contributed by atoms with E-state index in [0.717, 1.165) is 28.3 Å². The molecule has 1 saturated heterocycles. The number of aliphatic hydroxyl groups is 1. The third kappa shape index (κ3) is 6.42. The van der Waals surface area contributed by atoms with E-state index in [1.54, 1.807) is 16.9 Å². The van der Waals surface area contributed by atoms with Crippen LogP contribution in [0.4, 0.5) is 22.7 Å². The highest BCUT2D eigenvalue weighted by atomic mass is 28.3. The monoisotopic (exact) mass is 805 g/mol. The number of fused-ring (bicyclic) bond motifs is 3. The van der Waals surface area contributed by atoms with Crippen LogP contribution < -0.4 is 24.5 Å². The summed E-state index contributed by atoms with van der Waals surface area (Å²) in [7, 11) is -0.802. The zero-order chi connectivity index (χ0) is 40.9. The van der Waals surface area contributed by atoms with Crippen molar-refractivity contribution in [1.82, 2.24) is 15.0 Å². The zero-order valence-corrected chi connectivity index (χ0v) is 34.6. The molecule has 4 heterocycles. The van der Waals surface area contributed by atoms with Crippen molar-refractivity contribution in [3.8, 4) is 11.5 Å². The maximum absolute atomic E-state index is 15.6. The largest absolute Gasteiger partial charge is 0.497 e. The van der Waals surface area contributed by atoms with Crippen LogP contribution in [0.1, 0.15) is 36.1 Å². The van der Waals surface area contributed by atoms with E-state index in [4.69, 9.17) is 14.2 Å². The minimum atomic E-state index is -2.47. The Balaban J connectivity index is 1.15. The van der Waals surface area contributed by atoms with Crippen molar-refractivity contribution < 1.29 is 28.9 Å². The number of benzene rings is 5. The van der Waals surface area contributed by atoms with Gasteiger partial charge in [-0.3, -0.25) is 24.1 Å². The molecule has 2 amide bonds. The first-order chi connectivity index (χ1) is 28.6. The van der Waals surface area contributed by atoms with Gasteiger partial charge in [0.2, 0.25) is 0 Å². The predicted octanol–water partition coefficient (Wildman–Crippen LogP) is 7.45. The smallest absolute Gasteiger partial charge is 0.269 e. The van der Waals surface area contributed by atoms with Crippen LogP contribution >= 0.6 is 0 Å². The summed E-state index contributed by atoms with van der Waals surface area (Å²) in [5, 5.41) is 20.6. The fraction of sp³-hybridized carbons (Fsp3) is 0.277. The van der Waals surface area contributed by atoms with E-state index in [1.165, 1.54) is 5.19 Å². The maximum atomic E-state index is 15.6. The van der Waals surface area contributed by atoms with Gasteiger partial charge in [-0.05, 0) is 72.1 Å². The number of ether oxygens (including phenoxy) is 3. The summed E-state index contributed by atoms with van der Waals surface area (Å²) < 4.78 is 20.6. The Morgan fingerprint density at radius 1 is 0.864 bits per heavy atom. The fourth-order valence-electron chi connectivity index (χ4n) is 9.75. The number of carbonyl (C=O) groups is 2. The lowest BCUT2D eigenvalue weighted by Gasteiger charge is -2.37.